The first kappa shape index (κ1) is 20.0. The second-order valence-electron chi connectivity index (χ2n) is 6.30. The summed E-state index contributed by atoms with van der Waals surface area (Å²) in [7, 11) is 1.27. The zero-order valence-electron chi connectivity index (χ0n) is 16.2. The van der Waals surface area contributed by atoms with Crippen molar-refractivity contribution in [3.05, 3.63) is 82.3 Å². The van der Waals surface area contributed by atoms with Crippen LogP contribution in [0.2, 0.25) is 0 Å². The van der Waals surface area contributed by atoms with Crippen LogP contribution in [0.4, 0.5) is 5.69 Å². The van der Waals surface area contributed by atoms with Crippen LogP contribution >= 0.6 is 0 Å². The van der Waals surface area contributed by atoms with E-state index in [0.717, 1.165) is 5.56 Å². The van der Waals surface area contributed by atoms with E-state index in [2.05, 4.69) is 10.3 Å². The summed E-state index contributed by atoms with van der Waals surface area (Å²) >= 11 is 0. The SMILES string of the molecule is CCc1cc(=O)n(CC(=O)Nc2ccccc2C(=O)OC)c(-c2ccccc2)n1. The van der Waals surface area contributed by atoms with Gasteiger partial charge < -0.3 is 10.1 Å². The van der Waals surface area contributed by atoms with Crippen molar-refractivity contribution >= 4 is 17.6 Å². The quantitative estimate of drug-likeness (QED) is 0.653. The molecule has 0 saturated heterocycles. The molecule has 0 unspecified atom stereocenters. The molecule has 1 heterocycles. The number of benzene rings is 2. The summed E-state index contributed by atoms with van der Waals surface area (Å²) < 4.78 is 6.07. The van der Waals surface area contributed by atoms with Crippen LogP contribution in [0.25, 0.3) is 11.4 Å². The van der Waals surface area contributed by atoms with Crippen molar-refractivity contribution in [3.63, 3.8) is 0 Å². The molecule has 0 aliphatic rings. The number of carbonyl (C=O) groups is 2. The summed E-state index contributed by atoms with van der Waals surface area (Å²) in [5.41, 5.74) is 1.63. The number of hydrogen-bond acceptors (Lipinski definition) is 5. The van der Waals surface area contributed by atoms with Crippen molar-refractivity contribution in [2.45, 2.75) is 19.9 Å². The second-order valence-corrected chi connectivity index (χ2v) is 6.30. The molecule has 2 aromatic carbocycles. The summed E-state index contributed by atoms with van der Waals surface area (Å²) in [5.74, 6) is -0.588. The van der Waals surface area contributed by atoms with E-state index in [-0.39, 0.29) is 17.7 Å². The van der Waals surface area contributed by atoms with Gasteiger partial charge >= 0.3 is 5.97 Å². The zero-order valence-corrected chi connectivity index (χ0v) is 16.2. The van der Waals surface area contributed by atoms with Crippen molar-refractivity contribution in [3.8, 4) is 11.4 Å². The number of nitrogens with one attached hydrogen (secondary N) is 1. The van der Waals surface area contributed by atoms with Crippen LogP contribution in [0.5, 0.6) is 0 Å². The van der Waals surface area contributed by atoms with Gasteiger partial charge in [0.25, 0.3) is 5.56 Å². The van der Waals surface area contributed by atoms with Gasteiger partial charge in [0.2, 0.25) is 5.91 Å². The summed E-state index contributed by atoms with van der Waals surface area (Å²) in [6.45, 7) is 1.67. The number of para-hydroxylation sites is 1. The Labute approximate surface area is 168 Å². The van der Waals surface area contributed by atoms with E-state index in [1.165, 1.54) is 17.7 Å². The molecule has 1 amide bonds. The highest BCUT2D eigenvalue weighted by molar-refractivity contribution is 6.01. The van der Waals surface area contributed by atoms with Crippen molar-refractivity contribution in [2.24, 2.45) is 0 Å². The maximum atomic E-state index is 12.7. The van der Waals surface area contributed by atoms with E-state index in [1.807, 2.05) is 37.3 Å². The number of esters is 1. The molecule has 3 aromatic rings. The maximum Gasteiger partial charge on any atom is 0.339 e. The first-order valence-electron chi connectivity index (χ1n) is 9.16. The van der Waals surface area contributed by atoms with Crippen molar-refractivity contribution in [2.75, 3.05) is 12.4 Å². The fourth-order valence-electron chi connectivity index (χ4n) is 2.91. The molecule has 0 spiro atoms. The molecule has 0 atom stereocenters. The number of aromatic nitrogens is 2. The Hall–Kier alpha value is -3.74. The molecule has 3 rings (SSSR count). The summed E-state index contributed by atoms with van der Waals surface area (Å²) in [6.07, 6.45) is 0.606. The molecule has 29 heavy (non-hydrogen) atoms. The molecular formula is C22H21N3O4. The topological polar surface area (TPSA) is 90.3 Å². The Bertz CT molecular complexity index is 1090. The lowest BCUT2D eigenvalue weighted by molar-refractivity contribution is -0.116. The number of carbonyl (C=O) groups excluding carboxylic acids is 2. The number of nitrogens with zero attached hydrogens (tertiary/aromatic N) is 2. The predicted molar refractivity (Wildman–Crippen MR) is 110 cm³/mol. The predicted octanol–water partition coefficient (Wildman–Crippen LogP) is 2.90. The maximum absolute atomic E-state index is 12.7. The van der Waals surface area contributed by atoms with Crippen LogP contribution < -0.4 is 10.9 Å². The summed E-state index contributed by atoms with van der Waals surface area (Å²) in [6, 6.07) is 17.2. The van der Waals surface area contributed by atoms with Crippen LogP contribution in [0, 0.1) is 0 Å². The van der Waals surface area contributed by atoms with Gasteiger partial charge in [-0.3, -0.25) is 14.2 Å². The van der Waals surface area contributed by atoms with Crippen LogP contribution in [-0.4, -0.2) is 28.5 Å². The standard InChI is InChI=1S/C22H21N3O4/c1-3-16-13-20(27)25(21(23-16)15-9-5-4-6-10-15)14-19(26)24-18-12-8-7-11-17(18)22(28)29-2/h4-13H,3,14H2,1-2H3,(H,24,26). The molecule has 1 aromatic heterocycles. The van der Waals surface area contributed by atoms with Gasteiger partial charge in [0.05, 0.1) is 18.4 Å². The lowest BCUT2D eigenvalue weighted by atomic mass is 10.1. The third-order valence-electron chi connectivity index (χ3n) is 4.36. The van der Waals surface area contributed by atoms with Crippen LogP contribution in [0.15, 0.2) is 65.5 Å². The number of amides is 1. The number of aryl methyl sites for hydroxylation is 1. The van der Waals surface area contributed by atoms with Gasteiger partial charge in [-0.1, -0.05) is 49.4 Å². The Kier molecular flexibility index (Phi) is 6.19. The van der Waals surface area contributed by atoms with E-state index in [4.69, 9.17) is 4.74 Å². The molecule has 0 bridgehead atoms. The van der Waals surface area contributed by atoms with Gasteiger partial charge in [0.15, 0.2) is 0 Å². The third-order valence-corrected chi connectivity index (χ3v) is 4.36. The van der Waals surface area contributed by atoms with Gasteiger partial charge in [-0.2, -0.15) is 0 Å². The van der Waals surface area contributed by atoms with Crippen molar-refractivity contribution in [1.82, 2.24) is 9.55 Å². The van der Waals surface area contributed by atoms with E-state index in [9.17, 15) is 14.4 Å². The van der Waals surface area contributed by atoms with Crippen LogP contribution in [0.1, 0.15) is 23.0 Å². The highest BCUT2D eigenvalue weighted by Gasteiger charge is 2.16. The van der Waals surface area contributed by atoms with Crippen molar-refractivity contribution < 1.29 is 14.3 Å². The molecule has 7 nitrogen and oxygen atoms in total. The monoisotopic (exact) mass is 391 g/mol. The second kappa shape index (κ2) is 8.97. The van der Waals surface area contributed by atoms with E-state index in [0.29, 0.717) is 23.6 Å². The average Bonchev–Trinajstić information content (AvgIpc) is 2.75. The van der Waals surface area contributed by atoms with Crippen molar-refractivity contribution in [1.29, 1.82) is 0 Å². The third kappa shape index (κ3) is 4.57. The van der Waals surface area contributed by atoms with Gasteiger partial charge in [0, 0.05) is 17.3 Å². The Morgan fingerprint density at radius 3 is 2.45 bits per heavy atom. The molecule has 0 radical (unpaired) electrons. The molecule has 0 aliphatic heterocycles. The Balaban J connectivity index is 1.94. The first-order valence-corrected chi connectivity index (χ1v) is 9.16. The molecule has 1 N–H and O–H groups in total. The first-order chi connectivity index (χ1) is 14.0. The number of anilines is 1. The lowest BCUT2D eigenvalue weighted by Crippen LogP contribution is -2.30. The number of rotatable bonds is 6. The lowest BCUT2D eigenvalue weighted by Gasteiger charge is -2.14. The molecular weight excluding hydrogens is 370 g/mol. The largest absolute Gasteiger partial charge is 0.465 e. The van der Waals surface area contributed by atoms with E-state index >= 15 is 0 Å². The zero-order chi connectivity index (χ0) is 20.8. The van der Waals surface area contributed by atoms with Gasteiger partial charge in [-0.15, -0.1) is 0 Å². The highest BCUT2D eigenvalue weighted by atomic mass is 16.5. The minimum absolute atomic E-state index is 0.235. The molecule has 0 aliphatic carbocycles. The molecule has 0 fully saturated rings. The number of ether oxygens (including phenoxy) is 1. The summed E-state index contributed by atoms with van der Waals surface area (Å²) in [4.78, 5) is 41.8. The number of hydrogen-bond donors (Lipinski definition) is 1. The van der Waals surface area contributed by atoms with E-state index in [1.54, 1.807) is 24.3 Å². The van der Waals surface area contributed by atoms with Gasteiger partial charge in [0.1, 0.15) is 12.4 Å². The normalized spacial score (nSPS) is 10.4. The highest BCUT2D eigenvalue weighted by Crippen LogP contribution is 2.18. The fraction of sp³-hybridized carbons (Fsp3) is 0.182. The number of methoxy groups -OCH3 is 1. The Morgan fingerprint density at radius 1 is 1.07 bits per heavy atom. The average molecular weight is 391 g/mol. The van der Waals surface area contributed by atoms with E-state index < -0.39 is 11.9 Å². The Morgan fingerprint density at radius 2 is 1.76 bits per heavy atom. The van der Waals surface area contributed by atoms with Gasteiger partial charge in [-0.25, -0.2) is 9.78 Å². The minimum atomic E-state index is -0.558. The van der Waals surface area contributed by atoms with Gasteiger partial charge in [-0.05, 0) is 18.6 Å². The van der Waals surface area contributed by atoms with Crippen LogP contribution in [0.3, 0.4) is 0 Å². The van der Waals surface area contributed by atoms with Crippen LogP contribution in [-0.2, 0) is 22.5 Å². The molecule has 0 saturated carbocycles. The fourth-order valence-corrected chi connectivity index (χ4v) is 2.91. The molecule has 7 heteroatoms. The summed E-state index contributed by atoms with van der Waals surface area (Å²) in [5, 5.41) is 2.68. The minimum Gasteiger partial charge on any atom is -0.465 e. The smallest absolute Gasteiger partial charge is 0.339 e. The molecule has 148 valence electrons.